The van der Waals surface area contributed by atoms with E-state index >= 15 is 0 Å². The van der Waals surface area contributed by atoms with Crippen LogP contribution in [0.25, 0.3) is 5.69 Å². The molecule has 10 nitrogen and oxygen atoms in total. The van der Waals surface area contributed by atoms with E-state index < -0.39 is 29.2 Å². The molecule has 0 fully saturated rings. The van der Waals surface area contributed by atoms with Crippen LogP contribution in [0.5, 0.6) is 5.75 Å². The highest BCUT2D eigenvalue weighted by molar-refractivity contribution is 5.91. The number of hydrogen-bond acceptors (Lipinski definition) is 6. The highest BCUT2D eigenvalue weighted by Crippen LogP contribution is 2.27. The van der Waals surface area contributed by atoms with Gasteiger partial charge in [0.15, 0.2) is 5.82 Å². The highest BCUT2D eigenvalue weighted by Gasteiger charge is 2.24. The van der Waals surface area contributed by atoms with Crippen LogP contribution < -0.4 is 10.4 Å². The van der Waals surface area contributed by atoms with Crippen molar-refractivity contribution < 1.29 is 28.6 Å². The molecule has 0 radical (unpaired) electrons. The molecule has 33 heavy (non-hydrogen) atoms. The summed E-state index contributed by atoms with van der Waals surface area (Å²) in [6.07, 6.45) is 0.550. The average molecular weight is 467 g/mol. The van der Waals surface area contributed by atoms with E-state index in [1.807, 2.05) is 6.92 Å². The standard InChI is InChI=1S/C22H31FN4O6/c1-8-9-13(2)32-17-11-16(15(23)10-14(17)19(28)29)27-20(30)26(7)18(24-27)12-25(6)21(31)33-22(3,4)5/h10-11,13H,8-9,12H2,1-7H3,(H,28,29)/t13-/m0/s1. The van der Waals surface area contributed by atoms with E-state index in [0.717, 1.165) is 23.2 Å². The van der Waals surface area contributed by atoms with E-state index in [1.165, 1.54) is 23.6 Å². The number of aromatic carboxylic acids is 1. The Bertz CT molecular complexity index is 1090. The molecule has 0 unspecified atom stereocenters. The number of rotatable bonds is 8. The number of benzene rings is 1. The number of carbonyl (C=O) groups excluding carboxylic acids is 1. The van der Waals surface area contributed by atoms with Crippen molar-refractivity contribution in [3.8, 4) is 11.4 Å². The predicted molar refractivity (Wildman–Crippen MR) is 118 cm³/mol. The van der Waals surface area contributed by atoms with E-state index in [1.54, 1.807) is 27.7 Å². The zero-order valence-electron chi connectivity index (χ0n) is 20.0. The van der Waals surface area contributed by atoms with Crippen LogP contribution in [0.1, 0.15) is 63.6 Å². The molecule has 2 rings (SSSR count). The minimum atomic E-state index is -1.35. The van der Waals surface area contributed by atoms with Gasteiger partial charge < -0.3 is 19.5 Å². The fourth-order valence-corrected chi connectivity index (χ4v) is 3.04. The van der Waals surface area contributed by atoms with Gasteiger partial charge in [0.05, 0.1) is 12.6 Å². The van der Waals surface area contributed by atoms with E-state index in [2.05, 4.69) is 5.10 Å². The third-order valence-corrected chi connectivity index (χ3v) is 4.69. The molecule has 0 aliphatic rings. The summed E-state index contributed by atoms with van der Waals surface area (Å²) in [6.45, 7) is 8.85. The summed E-state index contributed by atoms with van der Waals surface area (Å²) in [4.78, 5) is 37.8. The molecule has 182 valence electrons. The lowest BCUT2D eigenvalue weighted by Crippen LogP contribution is -2.34. The summed E-state index contributed by atoms with van der Waals surface area (Å²) < 4.78 is 27.8. The maximum absolute atomic E-state index is 14.8. The molecule has 0 bridgehead atoms. The fourth-order valence-electron chi connectivity index (χ4n) is 3.04. The Morgan fingerprint density at radius 3 is 2.48 bits per heavy atom. The lowest BCUT2D eigenvalue weighted by Gasteiger charge is -2.24. The monoisotopic (exact) mass is 466 g/mol. The van der Waals surface area contributed by atoms with Gasteiger partial charge in [-0.25, -0.2) is 18.8 Å². The van der Waals surface area contributed by atoms with E-state index in [-0.39, 0.29) is 35.5 Å². The molecule has 11 heteroatoms. The van der Waals surface area contributed by atoms with Gasteiger partial charge in [0.2, 0.25) is 0 Å². The molecule has 1 aromatic carbocycles. The van der Waals surface area contributed by atoms with Gasteiger partial charge in [0.1, 0.15) is 28.4 Å². The Hall–Kier alpha value is -3.37. The number of amides is 1. The van der Waals surface area contributed by atoms with E-state index in [0.29, 0.717) is 6.42 Å². The smallest absolute Gasteiger partial charge is 0.410 e. The predicted octanol–water partition coefficient (Wildman–Crippen LogP) is 3.34. The van der Waals surface area contributed by atoms with Gasteiger partial charge in [0, 0.05) is 20.2 Å². The number of aromatic nitrogens is 3. The van der Waals surface area contributed by atoms with Gasteiger partial charge in [-0.15, -0.1) is 5.10 Å². The van der Waals surface area contributed by atoms with E-state index in [4.69, 9.17) is 9.47 Å². The second-order valence-electron chi connectivity index (χ2n) is 8.83. The SMILES string of the molecule is CCC[C@H](C)Oc1cc(-n2nc(CN(C)C(=O)OC(C)(C)C)n(C)c2=O)c(F)cc1C(=O)O. The maximum Gasteiger partial charge on any atom is 0.410 e. The fraction of sp³-hybridized carbons (Fsp3) is 0.545. The lowest BCUT2D eigenvalue weighted by atomic mass is 10.1. The molecule has 1 atom stereocenters. The molecule has 2 aromatic rings. The minimum Gasteiger partial charge on any atom is -0.490 e. The molecule has 1 N–H and O–H groups in total. The molecular formula is C22H31FN4O6. The van der Waals surface area contributed by atoms with Crippen molar-refractivity contribution in [3.05, 3.63) is 39.8 Å². The molecule has 0 spiro atoms. The van der Waals surface area contributed by atoms with Gasteiger partial charge in [-0.3, -0.25) is 4.57 Å². The first-order chi connectivity index (χ1) is 15.2. The third kappa shape index (κ3) is 6.33. The quantitative estimate of drug-likeness (QED) is 0.634. The highest BCUT2D eigenvalue weighted by atomic mass is 19.1. The van der Waals surface area contributed by atoms with E-state index in [9.17, 15) is 23.9 Å². The van der Waals surface area contributed by atoms with Crippen LogP contribution in [0.2, 0.25) is 0 Å². The van der Waals surface area contributed by atoms with Crippen LogP contribution in [0.3, 0.4) is 0 Å². The normalized spacial score (nSPS) is 12.4. The number of ether oxygens (including phenoxy) is 2. The molecule has 0 saturated carbocycles. The van der Waals surface area contributed by atoms with Crippen molar-refractivity contribution in [2.45, 2.75) is 65.7 Å². The van der Waals surface area contributed by atoms with Crippen LogP contribution >= 0.6 is 0 Å². The first kappa shape index (κ1) is 25.9. The maximum atomic E-state index is 14.8. The number of carboxylic acids is 1. The second kappa shape index (κ2) is 10.1. The van der Waals surface area contributed by atoms with Gasteiger partial charge in [0.25, 0.3) is 0 Å². The Morgan fingerprint density at radius 1 is 1.30 bits per heavy atom. The number of halogens is 1. The number of hydrogen-bond donors (Lipinski definition) is 1. The van der Waals surface area contributed by atoms with Crippen molar-refractivity contribution in [1.82, 2.24) is 19.2 Å². The summed E-state index contributed by atoms with van der Waals surface area (Å²) in [5, 5.41) is 13.6. The van der Waals surface area contributed by atoms with Crippen LogP contribution in [-0.4, -0.2) is 55.2 Å². The Kier molecular flexibility index (Phi) is 7.89. The molecule has 0 saturated heterocycles. The summed E-state index contributed by atoms with van der Waals surface area (Å²) in [5.41, 5.74) is -1.98. The second-order valence-corrected chi connectivity index (χ2v) is 8.83. The average Bonchev–Trinajstić information content (AvgIpc) is 2.96. The zero-order valence-corrected chi connectivity index (χ0v) is 20.0. The number of carbonyl (C=O) groups is 2. The molecule has 0 aliphatic carbocycles. The summed E-state index contributed by atoms with van der Waals surface area (Å²) >= 11 is 0. The van der Waals surface area contributed by atoms with Crippen molar-refractivity contribution in [2.24, 2.45) is 7.05 Å². The molecule has 1 heterocycles. The van der Waals surface area contributed by atoms with Crippen LogP contribution in [0.4, 0.5) is 9.18 Å². The Labute approximate surface area is 191 Å². The molecule has 1 amide bonds. The summed E-state index contributed by atoms with van der Waals surface area (Å²) in [6, 6.07) is 1.96. The number of nitrogens with zero attached hydrogens (tertiary/aromatic N) is 4. The largest absolute Gasteiger partial charge is 0.490 e. The first-order valence-electron chi connectivity index (χ1n) is 10.6. The van der Waals surface area contributed by atoms with Crippen LogP contribution in [0.15, 0.2) is 16.9 Å². The lowest BCUT2D eigenvalue weighted by molar-refractivity contribution is 0.0279. The summed E-state index contributed by atoms with van der Waals surface area (Å²) in [5.74, 6) is -2.19. The van der Waals surface area contributed by atoms with Crippen LogP contribution in [0, 0.1) is 5.82 Å². The topological polar surface area (TPSA) is 116 Å². The van der Waals surface area contributed by atoms with Gasteiger partial charge in [-0.1, -0.05) is 13.3 Å². The van der Waals surface area contributed by atoms with Crippen molar-refractivity contribution in [1.29, 1.82) is 0 Å². The van der Waals surface area contributed by atoms with Crippen molar-refractivity contribution in [2.75, 3.05) is 7.05 Å². The van der Waals surface area contributed by atoms with Gasteiger partial charge >= 0.3 is 17.8 Å². The first-order valence-corrected chi connectivity index (χ1v) is 10.6. The van der Waals surface area contributed by atoms with Crippen LogP contribution in [-0.2, 0) is 18.3 Å². The molecule has 0 aliphatic heterocycles. The summed E-state index contributed by atoms with van der Waals surface area (Å²) in [7, 11) is 2.93. The van der Waals surface area contributed by atoms with Gasteiger partial charge in [-0.2, -0.15) is 4.68 Å². The molecule has 1 aromatic heterocycles. The zero-order chi connectivity index (χ0) is 25.1. The number of carboxylic acid groups (broad SMARTS) is 1. The van der Waals surface area contributed by atoms with Crippen molar-refractivity contribution in [3.63, 3.8) is 0 Å². The Morgan fingerprint density at radius 2 is 1.94 bits per heavy atom. The molecular weight excluding hydrogens is 435 g/mol. The Balaban J connectivity index is 2.45. The van der Waals surface area contributed by atoms with Gasteiger partial charge in [-0.05, 0) is 40.2 Å². The minimum absolute atomic E-state index is 0.0650. The van der Waals surface area contributed by atoms with Crippen molar-refractivity contribution >= 4 is 12.1 Å². The third-order valence-electron chi connectivity index (χ3n) is 4.69.